The molecule has 5 rings (SSSR count). The summed E-state index contributed by atoms with van der Waals surface area (Å²) in [5.41, 5.74) is 5.07. The number of aromatic nitrogens is 5. The van der Waals surface area contributed by atoms with Crippen LogP contribution in [0.3, 0.4) is 0 Å². The van der Waals surface area contributed by atoms with E-state index in [1.807, 2.05) is 18.4 Å². The van der Waals surface area contributed by atoms with Crippen LogP contribution in [0.2, 0.25) is 0 Å². The minimum absolute atomic E-state index is 0.314. The predicted octanol–water partition coefficient (Wildman–Crippen LogP) is 4.77. The number of ether oxygens (including phenoxy) is 1. The van der Waals surface area contributed by atoms with Crippen molar-refractivity contribution in [3.8, 4) is 17.4 Å². The Labute approximate surface area is 198 Å². The van der Waals surface area contributed by atoms with Gasteiger partial charge in [0.1, 0.15) is 17.2 Å². The van der Waals surface area contributed by atoms with Gasteiger partial charge >= 0.3 is 6.01 Å². The molecule has 4 heterocycles. The van der Waals surface area contributed by atoms with Gasteiger partial charge in [0.05, 0.1) is 25.0 Å². The normalized spacial score (nSPS) is 14.6. The van der Waals surface area contributed by atoms with E-state index >= 15 is 0 Å². The van der Waals surface area contributed by atoms with E-state index in [4.69, 9.17) is 9.72 Å². The molecular weight excluding hydrogens is 431 g/mol. The standard InChI is InChI=1S/C26H29FN6O/c1-3-34-26-29-18(2)23-25(31-26)33(24(30-23)21-13-22(27)15-28-14-21)17-20-9-7-19(8-10-20)16-32-11-5-4-6-12-32/h7-10,13-15H,3-6,11-12,16-17H2,1-2H3. The van der Waals surface area contributed by atoms with Crippen molar-refractivity contribution in [3.05, 3.63) is 65.4 Å². The van der Waals surface area contributed by atoms with Gasteiger partial charge in [0.2, 0.25) is 0 Å². The maximum absolute atomic E-state index is 14.0. The van der Waals surface area contributed by atoms with E-state index in [1.54, 1.807) is 6.20 Å². The largest absolute Gasteiger partial charge is 0.464 e. The zero-order valence-corrected chi connectivity index (χ0v) is 19.7. The average molecular weight is 461 g/mol. The van der Waals surface area contributed by atoms with Crippen LogP contribution in [0.25, 0.3) is 22.6 Å². The third kappa shape index (κ3) is 4.77. The molecule has 0 atom stereocenters. The molecule has 8 heteroatoms. The summed E-state index contributed by atoms with van der Waals surface area (Å²) in [4.78, 5) is 20.4. The molecule has 0 spiro atoms. The van der Waals surface area contributed by atoms with Crippen LogP contribution in [0.4, 0.5) is 4.39 Å². The highest BCUT2D eigenvalue weighted by molar-refractivity contribution is 5.79. The summed E-state index contributed by atoms with van der Waals surface area (Å²) in [7, 11) is 0. The van der Waals surface area contributed by atoms with E-state index in [1.165, 1.54) is 50.2 Å². The molecule has 0 amide bonds. The van der Waals surface area contributed by atoms with Gasteiger partial charge < -0.3 is 9.30 Å². The molecule has 176 valence electrons. The van der Waals surface area contributed by atoms with E-state index in [0.29, 0.717) is 41.7 Å². The molecule has 0 radical (unpaired) electrons. The van der Waals surface area contributed by atoms with Crippen molar-refractivity contribution >= 4 is 11.2 Å². The first-order valence-corrected chi connectivity index (χ1v) is 11.9. The van der Waals surface area contributed by atoms with E-state index in [-0.39, 0.29) is 0 Å². The average Bonchev–Trinajstić information content (AvgIpc) is 3.20. The number of nitrogens with zero attached hydrogens (tertiary/aromatic N) is 6. The molecule has 4 aromatic rings. The first-order chi connectivity index (χ1) is 16.6. The Morgan fingerprint density at radius 2 is 1.68 bits per heavy atom. The third-order valence-electron chi connectivity index (χ3n) is 6.20. The van der Waals surface area contributed by atoms with Crippen LogP contribution in [-0.2, 0) is 13.1 Å². The molecule has 1 aliphatic rings. The summed E-state index contributed by atoms with van der Waals surface area (Å²) in [5.74, 6) is 0.196. The highest BCUT2D eigenvalue weighted by Gasteiger charge is 2.19. The van der Waals surface area contributed by atoms with Gasteiger partial charge in [-0.2, -0.15) is 9.97 Å². The first kappa shape index (κ1) is 22.4. The van der Waals surface area contributed by atoms with Crippen LogP contribution in [-0.4, -0.2) is 49.1 Å². The summed E-state index contributed by atoms with van der Waals surface area (Å²) in [6.45, 7) is 8.12. The predicted molar refractivity (Wildman–Crippen MR) is 129 cm³/mol. The van der Waals surface area contributed by atoms with Crippen LogP contribution in [0.5, 0.6) is 6.01 Å². The molecule has 7 nitrogen and oxygen atoms in total. The van der Waals surface area contributed by atoms with Crippen LogP contribution in [0, 0.1) is 12.7 Å². The fourth-order valence-electron chi connectivity index (χ4n) is 4.52. The van der Waals surface area contributed by atoms with Gasteiger partial charge in [0, 0.05) is 18.3 Å². The molecule has 34 heavy (non-hydrogen) atoms. The number of benzene rings is 1. The van der Waals surface area contributed by atoms with Gasteiger partial charge in [-0.3, -0.25) is 9.88 Å². The molecule has 3 aromatic heterocycles. The Morgan fingerprint density at radius 3 is 2.38 bits per heavy atom. The number of rotatable bonds is 7. The molecule has 0 bridgehead atoms. The highest BCUT2D eigenvalue weighted by Crippen LogP contribution is 2.27. The molecule has 0 N–H and O–H groups in total. The maximum atomic E-state index is 14.0. The van der Waals surface area contributed by atoms with Crippen molar-refractivity contribution in [3.63, 3.8) is 0 Å². The van der Waals surface area contributed by atoms with Gasteiger partial charge in [-0.25, -0.2) is 9.37 Å². The first-order valence-electron chi connectivity index (χ1n) is 11.9. The van der Waals surface area contributed by atoms with Gasteiger partial charge in [-0.05, 0) is 57.0 Å². The van der Waals surface area contributed by atoms with Gasteiger partial charge in [-0.15, -0.1) is 0 Å². The lowest BCUT2D eigenvalue weighted by molar-refractivity contribution is 0.221. The van der Waals surface area contributed by atoms with Crippen molar-refractivity contribution in [2.24, 2.45) is 0 Å². The topological polar surface area (TPSA) is 69.0 Å². The number of hydrogen-bond donors (Lipinski definition) is 0. The van der Waals surface area contributed by atoms with Crippen molar-refractivity contribution in [1.29, 1.82) is 0 Å². The number of hydrogen-bond acceptors (Lipinski definition) is 6. The number of imidazole rings is 1. The zero-order chi connectivity index (χ0) is 23.5. The quantitative estimate of drug-likeness (QED) is 0.396. The van der Waals surface area contributed by atoms with Crippen LogP contribution < -0.4 is 4.74 Å². The Morgan fingerprint density at radius 1 is 0.941 bits per heavy atom. The fraction of sp³-hybridized carbons (Fsp3) is 0.385. The Balaban J connectivity index is 1.51. The molecular formula is C26H29FN6O. The minimum Gasteiger partial charge on any atom is -0.464 e. The molecule has 0 unspecified atom stereocenters. The summed E-state index contributed by atoms with van der Waals surface area (Å²) in [5, 5.41) is 0. The van der Waals surface area contributed by atoms with Gasteiger partial charge in [-0.1, -0.05) is 30.7 Å². The molecule has 1 fully saturated rings. The summed E-state index contributed by atoms with van der Waals surface area (Å²) in [6, 6.07) is 10.4. The van der Waals surface area contributed by atoms with E-state index in [2.05, 4.69) is 44.1 Å². The van der Waals surface area contributed by atoms with Crippen LogP contribution in [0.15, 0.2) is 42.7 Å². The SMILES string of the molecule is CCOc1nc(C)c2nc(-c3cncc(F)c3)n(Cc3ccc(CN4CCCCC4)cc3)c2n1. The van der Waals surface area contributed by atoms with E-state index in [0.717, 1.165) is 17.8 Å². The van der Waals surface area contributed by atoms with E-state index in [9.17, 15) is 4.39 Å². The smallest absolute Gasteiger partial charge is 0.318 e. The second kappa shape index (κ2) is 9.85. The minimum atomic E-state index is -0.406. The lowest BCUT2D eigenvalue weighted by Gasteiger charge is -2.26. The highest BCUT2D eigenvalue weighted by atomic mass is 19.1. The number of halogens is 1. The monoisotopic (exact) mass is 460 g/mol. The summed E-state index contributed by atoms with van der Waals surface area (Å²) < 4.78 is 21.6. The number of aryl methyl sites for hydroxylation is 1. The number of piperidine rings is 1. The second-order valence-corrected chi connectivity index (χ2v) is 8.76. The van der Waals surface area contributed by atoms with Crippen molar-refractivity contribution in [2.45, 2.75) is 46.2 Å². The number of pyridine rings is 1. The molecule has 0 saturated carbocycles. The Hall–Kier alpha value is -3.39. The van der Waals surface area contributed by atoms with Gasteiger partial charge in [0.15, 0.2) is 5.65 Å². The second-order valence-electron chi connectivity index (χ2n) is 8.76. The summed E-state index contributed by atoms with van der Waals surface area (Å²) >= 11 is 0. The molecule has 1 saturated heterocycles. The number of likely N-dealkylation sites (tertiary alicyclic amines) is 1. The number of fused-ring (bicyclic) bond motifs is 1. The van der Waals surface area contributed by atoms with Crippen LogP contribution >= 0.6 is 0 Å². The molecule has 0 aliphatic carbocycles. The molecule has 1 aromatic carbocycles. The maximum Gasteiger partial charge on any atom is 0.318 e. The van der Waals surface area contributed by atoms with Crippen molar-refractivity contribution in [1.82, 2.24) is 29.4 Å². The zero-order valence-electron chi connectivity index (χ0n) is 19.7. The molecule has 1 aliphatic heterocycles. The fourth-order valence-corrected chi connectivity index (χ4v) is 4.52. The lowest BCUT2D eigenvalue weighted by Crippen LogP contribution is -2.29. The van der Waals surface area contributed by atoms with Gasteiger partial charge in [0.25, 0.3) is 0 Å². The Kier molecular flexibility index (Phi) is 6.49. The summed E-state index contributed by atoms with van der Waals surface area (Å²) in [6.07, 6.45) is 6.72. The van der Waals surface area contributed by atoms with Crippen LogP contribution in [0.1, 0.15) is 43.0 Å². The third-order valence-corrected chi connectivity index (χ3v) is 6.20. The van der Waals surface area contributed by atoms with Crippen molar-refractivity contribution < 1.29 is 9.13 Å². The van der Waals surface area contributed by atoms with E-state index < -0.39 is 5.82 Å². The van der Waals surface area contributed by atoms with Crippen molar-refractivity contribution in [2.75, 3.05) is 19.7 Å². The lowest BCUT2D eigenvalue weighted by atomic mass is 10.1. The Bertz CT molecular complexity index is 1280.